The molecule has 3 nitrogen and oxygen atoms in total. The highest BCUT2D eigenvalue weighted by Crippen LogP contribution is 2.32. The molecule has 2 rings (SSSR count). The van der Waals surface area contributed by atoms with Crippen LogP contribution < -0.4 is 0 Å². The maximum absolute atomic E-state index is 13.6. The molecule has 1 amide bonds. The van der Waals surface area contributed by atoms with E-state index in [1.54, 1.807) is 0 Å². The molecule has 0 spiro atoms. The maximum atomic E-state index is 13.6. The molecule has 22 heavy (non-hydrogen) atoms. The molecular formula is C14H14ClF4NO2. The summed E-state index contributed by atoms with van der Waals surface area (Å²) in [5.74, 6) is -2.29. The molecule has 1 atom stereocenters. The van der Waals surface area contributed by atoms with E-state index in [1.807, 2.05) is 0 Å². The number of aliphatic hydroxyl groups excluding tert-OH is 1. The first-order chi connectivity index (χ1) is 10.2. The lowest BCUT2D eigenvalue weighted by atomic mass is 9.90. The Labute approximate surface area is 129 Å². The van der Waals surface area contributed by atoms with Gasteiger partial charge in [-0.2, -0.15) is 13.2 Å². The summed E-state index contributed by atoms with van der Waals surface area (Å²) in [5, 5.41) is 9.43. The molecule has 1 heterocycles. The van der Waals surface area contributed by atoms with Crippen LogP contribution in [0.5, 0.6) is 0 Å². The minimum absolute atomic E-state index is 0.00853. The van der Waals surface area contributed by atoms with E-state index in [9.17, 15) is 27.5 Å². The van der Waals surface area contributed by atoms with Gasteiger partial charge in [0.15, 0.2) is 6.10 Å². The number of hydrogen-bond acceptors (Lipinski definition) is 2. The molecule has 1 aromatic rings. The number of hydrogen-bond donors (Lipinski definition) is 1. The van der Waals surface area contributed by atoms with E-state index in [0.29, 0.717) is 0 Å². The first-order valence-corrected chi connectivity index (χ1v) is 7.07. The molecule has 0 aliphatic carbocycles. The second-order valence-corrected chi connectivity index (χ2v) is 5.68. The molecular weight excluding hydrogens is 326 g/mol. The lowest BCUT2D eigenvalue weighted by Crippen LogP contribution is -2.45. The fraction of sp³-hybridized carbons (Fsp3) is 0.500. The average Bonchev–Trinajstić information content (AvgIpc) is 2.47. The van der Waals surface area contributed by atoms with E-state index in [0.717, 1.165) is 6.07 Å². The minimum atomic E-state index is -4.67. The molecule has 8 heteroatoms. The quantitative estimate of drug-likeness (QED) is 0.840. The largest absolute Gasteiger partial charge is 0.414 e. The Morgan fingerprint density at radius 2 is 1.91 bits per heavy atom. The summed E-state index contributed by atoms with van der Waals surface area (Å²) >= 11 is 5.72. The van der Waals surface area contributed by atoms with Crippen LogP contribution >= 0.6 is 11.6 Å². The van der Waals surface area contributed by atoms with Crippen molar-refractivity contribution in [3.05, 3.63) is 34.6 Å². The Kier molecular flexibility index (Phi) is 4.97. The molecule has 0 aromatic heterocycles. The lowest BCUT2D eigenvalue weighted by molar-refractivity contribution is -0.222. The Bertz CT molecular complexity index is 556. The van der Waals surface area contributed by atoms with Gasteiger partial charge in [-0.3, -0.25) is 4.79 Å². The number of nitrogens with zero attached hydrogens (tertiary/aromatic N) is 1. The molecule has 1 aromatic carbocycles. The van der Waals surface area contributed by atoms with Gasteiger partial charge in [0.25, 0.3) is 5.91 Å². The number of aliphatic hydroxyl groups is 1. The zero-order chi connectivity index (χ0) is 16.5. The monoisotopic (exact) mass is 339 g/mol. The zero-order valence-corrected chi connectivity index (χ0v) is 12.2. The van der Waals surface area contributed by atoms with Gasteiger partial charge in [-0.1, -0.05) is 11.6 Å². The highest BCUT2D eigenvalue weighted by molar-refractivity contribution is 6.31. The summed E-state index contributed by atoms with van der Waals surface area (Å²) in [5.41, 5.74) is -0.206. The van der Waals surface area contributed by atoms with Crippen LogP contribution in [0.25, 0.3) is 0 Å². The molecule has 1 unspecified atom stereocenters. The van der Waals surface area contributed by atoms with Crippen LogP contribution in [0.3, 0.4) is 0 Å². The summed E-state index contributed by atoms with van der Waals surface area (Å²) in [6.07, 6.45) is -7.05. The standard InChI is InChI=1S/C14H14ClF4NO2/c15-9-1-2-11(16)10(7-9)13(22)20-5-3-8(4-6-20)12(21)14(17,18)19/h1-2,7-8,12,21H,3-6H2. The van der Waals surface area contributed by atoms with Gasteiger partial charge in [-0.15, -0.1) is 0 Å². The summed E-state index contributed by atoms with van der Waals surface area (Å²) < 4.78 is 51.0. The van der Waals surface area contributed by atoms with Crippen LogP contribution in [0.2, 0.25) is 5.02 Å². The second kappa shape index (κ2) is 6.42. The third-order valence-corrected chi connectivity index (χ3v) is 4.00. The lowest BCUT2D eigenvalue weighted by Gasteiger charge is -2.34. The molecule has 1 fully saturated rings. The van der Waals surface area contributed by atoms with Gasteiger partial charge in [-0.05, 0) is 37.0 Å². The van der Waals surface area contributed by atoms with Crippen molar-refractivity contribution in [1.82, 2.24) is 4.90 Å². The van der Waals surface area contributed by atoms with Crippen LogP contribution in [-0.2, 0) is 0 Å². The van der Waals surface area contributed by atoms with E-state index < -0.39 is 29.9 Å². The van der Waals surface area contributed by atoms with Gasteiger partial charge in [0, 0.05) is 18.1 Å². The summed E-state index contributed by atoms with van der Waals surface area (Å²) in [6.45, 7) is 0.0607. The highest BCUT2D eigenvalue weighted by atomic mass is 35.5. The highest BCUT2D eigenvalue weighted by Gasteiger charge is 2.44. The molecule has 0 bridgehead atoms. The van der Waals surface area contributed by atoms with Crippen molar-refractivity contribution in [1.29, 1.82) is 0 Å². The first-order valence-electron chi connectivity index (χ1n) is 6.69. The van der Waals surface area contributed by atoms with Gasteiger partial charge in [0.05, 0.1) is 5.56 Å². The third kappa shape index (κ3) is 3.70. The van der Waals surface area contributed by atoms with Crippen LogP contribution in [0.4, 0.5) is 17.6 Å². The average molecular weight is 340 g/mol. The number of alkyl halides is 3. The predicted octanol–water partition coefficient (Wildman–Crippen LogP) is 3.25. The topological polar surface area (TPSA) is 40.5 Å². The van der Waals surface area contributed by atoms with E-state index >= 15 is 0 Å². The second-order valence-electron chi connectivity index (χ2n) is 5.24. The molecule has 122 valence electrons. The van der Waals surface area contributed by atoms with Gasteiger partial charge in [-0.25, -0.2) is 4.39 Å². The fourth-order valence-corrected chi connectivity index (χ4v) is 2.69. The summed E-state index contributed by atoms with van der Waals surface area (Å²) in [4.78, 5) is 13.5. The van der Waals surface area contributed by atoms with Crippen molar-refractivity contribution < 1.29 is 27.5 Å². The van der Waals surface area contributed by atoms with E-state index in [1.165, 1.54) is 17.0 Å². The molecule has 1 N–H and O–H groups in total. The number of piperidine rings is 1. The predicted molar refractivity (Wildman–Crippen MR) is 72.1 cm³/mol. The van der Waals surface area contributed by atoms with Crippen LogP contribution in [0.1, 0.15) is 23.2 Å². The normalized spacial score (nSPS) is 18.4. The van der Waals surface area contributed by atoms with Crippen LogP contribution in [-0.4, -0.2) is 41.3 Å². The van der Waals surface area contributed by atoms with Crippen molar-refractivity contribution >= 4 is 17.5 Å². The molecule has 1 saturated heterocycles. The number of benzene rings is 1. The van der Waals surface area contributed by atoms with Crippen molar-refractivity contribution in [2.24, 2.45) is 5.92 Å². The Morgan fingerprint density at radius 3 is 2.45 bits per heavy atom. The number of carbonyl (C=O) groups excluding carboxylic acids is 1. The number of likely N-dealkylation sites (tertiary alicyclic amines) is 1. The van der Waals surface area contributed by atoms with Crippen molar-refractivity contribution in [3.63, 3.8) is 0 Å². The molecule has 1 aliphatic heterocycles. The third-order valence-electron chi connectivity index (χ3n) is 3.77. The number of halogens is 5. The Morgan fingerprint density at radius 1 is 1.32 bits per heavy atom. The van der Waals surface area contributed by atoms with Crippen molar-refractivity contribution in [2.45, 2.75) is 25.1 Å². The van der Waals surface area contributed by atoms with Gasteiger partial charge in [0.1, 0.15) is 5.82 Å². The SMILES string of the molecule is O=C(c1cc(Cl)ccc1F)N1CCC(C(O)C(F)(F)F)CC1. The molecule has 0 saturated carbocycles. The number of carbonyl (C=O) groups is 1. The summed E-state index contributed by atoms with van der Waals surface area (Å²) in [7, 11) is 0. The van der Waals surface area contributed by atoms with Gasteiger partial charge in [0.2, 0.25) is 0 Å². The van der Waals surface area contributed by atoms with E-state index in [4.69, 9.17) is 11.6 Å². The molecule has 0 radical (unpaired) electrons. The van der Waals surface area contributed by atoms with Gasteiger partial charge >= 0.3 is 6.18 Å². The van der Waals surface area contributed by atoms with Crippen molar-refractivity contribution in [2.75, 3.05) is 13.1 Å². The Hall–Kier alpha value is -1.34. The number of rotatable bonds is 2. The van der Waals surface area contributed by atoms with E-state index in [-0.39, 0.29) is 36.5 Å². The fourth-order valence-electron chi connectivity index (χ4n) is 2.52. The number of amides is 1. The van der Waals surface area contributed by atoms with Crippen LogP contribution in [0.15, 0.2) is 18.2 Å². The minimum Gasteiger partial charge on any atom is -0.383 e. The van der Waals surface area contributed by atoms with Gasteiger partial charge < -0.3 is 10.0 Å². The van der Waals surface area contributed by atoms with E-state index in [2.05, 4.69) is 0 Å². The maximum Gasteiger partial charge on any atom is 0.414 e. The summed E-state index contributed by atoms with van der Waals surface area (Å²) in [6, 6.07) is 3.56. The smallest absolute Gasteiger partial charge is 0.383 e. The molecule has 1 aliphatic rings. The zero-order valence-electron chi connectivity index (χ0n) is 11.4. The Balaban J connectivity index is 2.02. The van der Waals surface area contributed by atoms with Crippen molar-refractivity contribution in [3.8, 4) is 0 Å². The van der Waals surface area contributed by atoms with Crippen LogP contribution in [0, 0.1) is 11.7 Å². The first kappa shape index (κ1) is 17.0.